The highest BCUT2D eigenvalue weighted by Gasteiger charge is 2.14. The fourth-order valence-corrected chi connectivity index (χ4v) is 3.23. The maximum atomic E-state index is 12.1. The Kier molecular flexibility index (Phi) is 4.75. The van der Waals surface area contributed by atoms with E-state index in [1.54, 1.807) is 48.5 Å². The number of carbonyl (C=O) groups is 1. The van der Waals surface area contributed by atoms with E-state index in [4.69, 9.17) is 23.2 Å². The van der Waals surface area contributed by atoms with Crippen LogP contribution >= 0.6 is 23.2 Å². The quantitative estimate of drug-likeness (QED) is 0.800. The summed E-state index contributed by atoms with van der Waals surface area (Å²) in [4.78, 5) is 12.5. The Morgan fingerprint density at radius 1 is 1.05 bits per heavy atom. The van der Waals surface area contributed by atoms with Gasteiger partial charge in [-0.25, -0.2) is 0 Å². The van der Waals surface area contributed by atoms with E-state index in [0.717, 1.165) is 0 Å². The molecule has 98 valence electrons. The lowest BCUT2D eigenvalue weighted by atomic mass is 10.1. The molecule has 2 aromatic carbocycles. The summed E-state index contributed by atoms with van der Waals surface area (Å²) in [5.41, 5.74) is 0.452. The van der Waals surface area contributed by atoms with Crippen LogP contribution < -0.4 is 0 Å². The molecule has 0 fully saturated rings. The van der Waals surface area contributed by atoms with Crippen LogP contribution in [-0.2, 0) is 10.8 Å². The predicted molar refractivity (Wildman–Crippen MR) is 78.5 cm³/mol. The Bertz CT molecular complexity index is 641. The first kappa shape index (κ1) is 14.3. The predicted octanol–water partition coefficient (Wildman–Crippen LogP) is 3.98. The molecule has 0 aliphatic carbocycles. The second-order valence-electron chi connectivity index (χ2n) is 3.85. The van der Waals surface area contributed by atoms with Gasteiger partial charge < -0.3 is 0 Å². The lowest BCUT2D eigenvalue weighted by Crippen LogP contribution is -2.11. The maximum Gasteiger partial charge on any atom is 0.175 e. The molecule has 5 heteroatoms. The van der Waals surface area contributed by atoms with Gasteiger partial charge in [-0.2, -0.15) is 0 Å². The Hall–Kier alpha value is -1.16. The lowest BCUT2D eigenvalue weighted by Gasteiger charge is -2.04. The summed E-state index contributed by atoms with van der Waals surface area (Å²) in [5, 5.41) is 0.883. The van der Waals surface area contributed by atoms with Crippen LogP contribution in [-0.4, -0.2) is 15.7 Å². The van der Waals surface area contributed by atoms with Crippen molar-refractivity contribution in [2.24, 2.45) is 0 Å². The molecule has 0 radical (unpaired) electrons. The minimum absolute atomic E-state index is 0.107. The summed E-state index contributed by atoms with van der Waals surface area (Å²) in [6.07, 6.45) is 0. The van der Waals surface area contributed by atoms with Crippen LogP contribution in [0.4, 0.5) is 0 Å². The molecule has 0 aliphatic rings. The first-order valence-electron chi connectivity index (χ1n) is 5.49. The van der Waals surface area contributed by atoms with Gasteiger partial charge in [0.1, 0.15) is 0 Å². The molecular formula is C14H10Cl2O2S. The summed E-state index contributed by atoms with van der Waals surface area (Å²) in [7, 11) is -1.46. The van der Waals surface area contributed by atoms with Gasteiger partial charge in [-0.15, -0.1) is 0 Å². The zero-order chi connectivity index (χ0) is 13.8. The second-order valence-corrected chi connectivity index (χ2v) is 6.12. The summed E-state index contributed by atoms with van der Waals surface area (Å²) in [5.74, 6) is -0.329. The Morgan fingerprint density at radius 2 is 1.79 bits per heavy atom. The van der Waals surface area contributed by atoms with Gasteiger partial charge in [-0.1, -0.05) is 47.5 Å². The third-order valence-corrected chi connectivity index (χ3v) is 4.54. The maximum absolute atomic E-state index is 12.1. The summed E-state index contributed by atoms with van der Waals surface area (Å²) in [6.45, 7) is 0. The van der Waals surface area contributed by atoms with Gasteiger partial charge in [0.25, 0.3) is 0 Å². The SMILES string of the molecule is O=C(CS(=O)c1ccccc1Cl)c1cccc(Cl)c1. The van der Waals surface area contributed by atoms with Crippen molar-refractivity contribution in [3.05, 3.63) is 64.1 Å². The van der Waals surface area contributed by atoms with E-state index < -0.39 is 10.8 Å². The van der Waals surface area contributed by atoms with Crippen molar-refractivity contribution in [3.63, 3.8) is 0 Å². The van der Waals surface area contributed by atoms with E-state index in [2.05, 4.69) is 0 Å². The first-order chi connectivity index (χ1) is 9.08. The lowest BCUT2D eigenvalue weighted by molar-refractivity contribution is 0.102. The van der Waals surface area contributed by atoms with Crippen LogP contribution in [0, 0.1) is 0 Å². The van der Waals surface area contributed by atoms with Crippen molar-refractivity contribution >= 4 is 39.8 Å². The van der Waals surface area contributed by atoms with Gasteiger partial charge in [-0.3, -0.25) is 9.00 Å². The van der Waals surface area contributed by atoms with E-state index in [1.165, 1.54) is 0 Å². The Balaban J connectivity index is 2.16. The molecule has 0 saturated carbocycles. The highest BCUT2D eigenvalue weighted by molar-refractivity contribution is 7.86. The largest absolute Gasteiger partial charge is 0.293 e. The molecular weight excluding hydrogens is 303 g/mol. The van der Waals surface area contributed by atoms with Crippen molar-refractivity contribution < 1.29 is 9.00 Å². The van der Waals surface area contributed by atoms with Crippen LogP contribution in [0.2, 0.25) is 10.0 Å². The van der Waals surface area contributed by atoms with Crippen molar-refractivity contribution in [2.75, 3.05) is 5.75 Å². The molecule has 19 heavy (non-hydrogen) atoms. The molecule has 0 heterocycles. The number of hydrogen-bond acceptors (Lipinski definition) is 2. The molecule has 0 saturated heterocycles. The third-order valence-electron chi connectivity index (χ3n) is 2.49. The molecule has 2 nitrogen and oxygen atoms in total. The van der Waals surface area contributed by atoms with Crippen LogP contribution in [0.25, 0.3) is 0 Å². The standard InChI is InChI=1S/C14H10Cl2O2S/c15-11-5-3-4-10(8-11)13(17)9-19(18)14-7-2-1-6-12(14)16/h1-8H,9H2. The molecule has 0 N–H and O–H groups in total. The average Bonchev–Trinajstić information content (AvgIpc) is 2.39. The fourth-order valence-electron chi connectivity index (χ4n) is 1.57. The number of carbonyl (C=O) groups excluding carboxylic acids is 1. The number of ketones is 1. The Labute approximate surface area is 123 Å². The molecule has 0 spiro atoms. The Morgan fingerprint density at radius 3 is 2.47 bits per heavy atom. The van der Waals surface area contributed by atoms with Crippen LogP contribution in [0.15, 0.2) is 53.4 Å². The molecule has 0 amide bonds. The second kappa shape index (κ2) is 6.33. The van der Waals surface area contributed by atoms with E-state index in [1.807, 2.05) is 0 Å². The number of rotatable bonds is 4. The monoisotopic (exact) mass is 312 g/mol. The van der Waals surface area contributed by atoms with E-state index in [0.29, 0.717) is 20.5 Å². The molecule has 1 atom stereocenters. The molecule has 2 aromatic rings. The van der Waals surface area contributed by atoms with Crippen molar-refractivity contribution in [3.8, 4) is 0 Å². The highest BCUT2D eigenvalue weighted by atomic mass is 35.5. The van der Waals surface area contributed by atoms with Crippen molar-refractivity contribution in [2.45, 2.75) is 4.90 Å². The minimum Gasteiger partial charge on any atom is -0.293 e. The smallest absolute Gasteiger partial charge is 0.175 e. The average molecular weight is 313 g/mol. The van der Waals surface area contributed by atoms with Gasteiger partial charge in [0.2, 0.25) is 0 Å². The van der Waals surface area contributed by atoms with Gasteiger partial charge >= 0.3 is 0 Å². The number of hydrogen-bond donors (Lipinski definition) is 0. The van der Waals surface area contributed by atoms with E-state index in [9.17, 15) is 9.00 Å². The van der Waals surface area contributed by atoms with E-state index in [-0.39, 0.29) is 11.5 Å². The van der Waals surface area contributed by atoms with Gasteiger partial charge in [0.15, 0.2) is 5.78 Å². The van der Waals surface area contributed by atoms with Gasteiger partial charge in [0, 0.05) is 10.6 Å². The number of Topliss-reactive ketones (excluding diaryl/α,β-unsaturated/α-hetero) is 1. The third kappa shape index (κ3) is 3.66. The summed E-state index contributed by atoms with van der Waals surface area (Å²) in [6, 6.07) is 13.4. The molecule has 2 rings (SSSR count). The minimum atomic E-state index is -1.46. The van der Waals surface area contributed by atoms with E-state index >= 15 is 0 Å². The van der Waals surface area contributed by atoms with Crippen LogP contribution in [0.5, 0.6) is 0 Å². The van der Waals surface area contributed by atoms with Crippen molar-refractivity contribution in [1.29, 1.82) is 0 Å². The molecule has 0 aromatic heterocycles. The topological polar surface area (TPSA) is 34.1 Å². The first-order valence-corrected chi connectivity index (χ1v) is 7.57. The van der Waals surface area contributed by atoms with Crippen LogP contribution in [0.3, 0.4) is 0 Å². The van der Waals surface area contributed by atoms with Gasteiger partial charge in [0.05, 0.1) is 26.5 Å². The molecule has 1 unspecified atom stereocenters. The zero-order valence-electron chi connectivity index (χ0n) is 9.81. The highest BCUT2D eigenvalue weighted by Crippen LogP contribution is 2.20. The molecule has 0 aliphatic heterocycles. The normalized spacial score (nSPS) is 12.1. The number of benzene rings is 2. The van der Waals surface area contributed by atoms with Crippen molar-refractivity contribution in [1.82, 2.24) is 0 Å². The zero-order valence-corrected chi connectivity index (χ0v) is 12.1. The fraction of sp³-hybridized carbons (Fsp3) is 0.0714. The molecule has 0 bridgehead atoms. The number of halogens is 2. The summed E-state index contributed by atoms with van der Waals surface area (Å²) < 4.78 is 12.1. The van der Waals surface area contributed by atoms with Crippen LogP contribution in [0.1, 0.15) is 10.4 Å². The van der Waals surface area contributed by atoms with Gasteiger partial charge in [-0.05, 0) is 24.3 Å². The summed E-state index contributed by atoms with van der Waals surface area (Å²) >= 11 is 11.8.